The van der Waals surface area contributed by atoms with E-state index in [4.69, 9.17) is 35.2 Å². The summed E-state index contributed by atoms with van der Waals surface area (Å²) in [5.74, 6) is 4.97. The van der Waals surface area contributed by atoms with Gasteiger partial charge in [0.2, 0.25) is 0 Å². The van der Waals surface area contributed by atoms with Crippen LogP contribution < -0.4 is 0 Å². The number of hydrogen-bond acceptors (Lipinski definition) is 2. The van der Waals surface area contributed by atoms with Gasteiger partial charge < -0.3 is 9.47 Å². The van der Waals surface area contributed by atoms with Crippen LogP contribution in [0.3, 0.4) is 0 Å². The van der Waals surface area contributed by atoms with Gasteiger partial charge in [0.15, 0.2) is 12.2 Å². The van der Waals surface area contributed by atoms with Gasteiger partial charge >= 0.3 is 0 Å². The lowest BCUT2D eigenvalue weighted by molar-refractivity contribution is 0.217. The van der Waals surface area contributed by atoms with Gasteiger partial charge in [-0.15, -0.1) is 12.8 Å². The summed E-state index contributed by atoms with van der Waals surface area (Å²) >= 11 is 3.39. The van der Waals surface area contributed by atoms with Crippen molar-refractivity contribution >= 4 is 15.9 Å². The number of hydrogen-bond donors (Lipinski definition) is 0. The summed E-state index contributed by atoms with van der Waals surface area (Å²) in [7, 11) is 0. The Kier molecular flexibility index (Phi) is 5.62. The summed E-state index contributed by atoms with van der Waals surface area (Å²) in [4.78, 5) is 0. The zero-order chi connectivity index (χ0) is 15.1. The molecule has 0 fully saturated rings. The van der Waals surface area contributed by atoms with Crippen LogP contribution in [0.2, 0.25) is 0 Å². The van der Waals surface area contributed by atoms with Crippen molar-refractivity contribution in [1.29, 1.82) is 0 Å². The van der Waals surface area contributed by atoms with Crippen molar-refractivity contribution in [2.45, 2.75) is 19.1 Å². The maximum Gasteiger partial charge on any atom is 0.196 e. The molecule has 0 aromatic heterocycles. The maximum atomic E-state index is 5.44. The Morgan fingerprint density at radius 2 is 1.35 bits per heavy atom. The average Bonchev–Trinajstić information content (AvgIpc) is 2.44. The molecule has 2 nitrogen and oxygen atoms in total. The molecule has 0 bridgehead atoms. The SMILES string of the molecule is C#COC(C#C)c1cc(Br)cc(C(C#C)OC#C)c1C. The molecule has 0 aliphatic rings. The Balaban J connectivity index is 3.42. The van der Waals surface area contributed by atoms with Crippen molar-refractivity contribution < 1.29 is 9.47 Å². The first-order valence-electron chi connectivity index (χ1n) is 5.53. The standard InChI is InChI=1S/C17H11BrO2/c1-6-16(19-8-3)14-10-13(18)11-15(12(14)5)17(7-2)20-9-4/h1-4,10-11,16-17H,5H3. The monoisotopic (exact) mass is 326 g/mol. The van der Waals surface area contributed by atoms with Gasteiger partial charge in [-0.1, -0.05) is 40.6 Å². The molecule has 0 radical (unpaired) electrons. The van der Waals surface area contributed by atoms with Crippen LogP contribution in [0.25, 0.3) is 0 Å². The van der Waals surface area contributed by atoms with Gasteiger partial charge in [-0.2, -0.15) is 0 Å². The van der Waals surface area contributed by atoms with Gasteiger partial charge in [-0.05, 0) is 24.6 Å². The summed E-state index contributed by atoms with van der Waals surface area (Å²) in [6.45, 7) is 1.85. The molecular formula is C17H11BrO2. The second kappa shape index (κ2) is 7.21. The van der Waals surface area contributed by atoms with Crippen LogP contribution >= 0.6 is 15.9 Å². The highest BCUT2D eigenvalue weighted by molar-refractivity contribution is 9.10. The Morgan fingerprint density at radius 3 is 1.65 bits per heavy atom. The van der Waals surface area contributed by atoms with Crippen molar-refractivity contribution in [3.05, 3.63) is 33.3 Å². The predicted molar refractivity (Wildman–Crippen MR) is 81.9 cm³/mol. The van der Waals surface area contributed by atoms with E-state index in [1.165, 1.54) is 0 Å². The molecular weight excluding hydrogens is 316 g/mol. The van der Waals surface area contributed by atoms with E-state index in [0.29, 0.717) is 0 Å². The van der Waals surface area contributed by atoms with Crippen LogP contribution in [-0.4, -0.2) is 0 Å². The number of terminal acetylenes is 4. The van der Waals surface area contributed by atoms with Crippen LogP contribution in [0.15, 0.2) is 16.6 Å². The summed E-state index contributed by atoms with van der Waals surface area (Å²) < 4.78 is 10.9. The molecule has 0 aliphatic heterocycles. The minimum atomic E-state index is -0.666. The van der Waals surface area contributed by atoms with Crippen molar-refractivity contribution in [3.8, 4) is 49.7 Å². The van der Waals surface area contributed by atoms with E-state index in [1.54, 1.807) is 0 Å². The second-order valence-corrected chi connectivity index (χ2v) is 4.69. The molecule has 2 unspecified atom stereocenters. The fourth-order valence-electron chi connectivity index (χ4n) is 1.78. The Hall–Kier alpha value is -2.46. The van der Waals surface area contributed by atoms with Gasteiger partial charge in [0.25, 0.3) is 0 Å². The van der Waals surface area contributed by atoms with Gasteiger partial charge in [0, 0.05) is 15.6 Å². The molecule has 98 valence electrons. The Bertz CT molecular complexity index is 607. The largest absolute Gasteiger partial charge is 0.425 e. The molecule has 0 spiro atoms. The van der Waals surface area contributed by atoms with Crippen LogP contribution in [0.5, 0.6) is 0 Å². The van der Waals surface area contributed by atoms with Crippen LogP contribution in [0.1, 0.15) is 28.9 Å². The number of ether oxygens (including phenoxy) is 2. The summed E-state index contributed by atoms with van der Waals surface area (Å²) in [5, 5.41) is 0. The van der Waals surface area contributed by atoms with E-state index in [0.717, 1.165) is 21.2 Å². The van der Waals surface area contributed by atoms with E-state index in [1.807, 2.05) is 19.1 Å². The third-order valence-electron chi connectivity index (χ3n) is 2.69. The lowest BCUT2D eigenvalue weighted by atomic mass is 9.95. The molecule has 0 saturated heterocycles. The lowest BCUT2D eigenvalue weighted by Crippen LogP contribution is -2.07. The van der Waals surface area contributed by atoms with E-state index in [9.17, 15) is 0 Å². The quantitative estimate of drug-likeness (QED) is 0.790. The van der Waals surface area contributed by atoms with Crippen LogP contribution in [0.4, 0.5) is 0 Å². The lowest BCUT2D eigenvalue weighted by Gasteiger charge is -2.18. The molecule has 1 rings (SSSR count). The highest BCUT2D eigenvalue weighted by Crippen LogP contribution is 2.31. The van der Waals surface area contributed by atoms with E-state index >= 15 is 0 Å². The molecule has 1 aromatic rings. The molecule has 0 amide bonds. The molecule has 20 heavy (non-hydrogen) atoms. The highest BCUT2D eigenvalue weighted by Gasteiger charge is 2.20. The first-order valence-corrected chi connectivity index (χ1v) is 6.33. The van der Waals surface area contributed by atoms with E-state index in [2.05, 4.69) is 40.0 Å². The number of halogens is 1. The maximum absolute atomic E-state index is 5.44. The Labute approximate surface area is 128 Å². The van der Waals surface area contributed by atoms with E-state index in [-0.39, 0.29) is 0 Å². The molecule has 0 heterocycles. The molecule has 0 aliphatic carbocycles. The van der Waals surface area contributed by atoms with Crippen molar-refractivity contribution in [3.63, 3.8) is 0 Å². The molecule has 3 heteroatoms. The topological polar surface area (TPSA) is 18.5 Å². The van der Waals surface area contributed by atoms with Crippen molar-refractivity contribution in [2.75, 3.05) is 0 Å². The Morgan fingerprint density at radius 1 is 0.950 bits per heavy atom. The van der Waals surface area contributed by atoms with Crippen molar-refractivity contribution in [1.82, 2.24) is 0 Å². The van der Waals surface area contributed by atoms with Gasteiger partial charge in [0.1, 0.15) is 12.2 Å². The van der Waals surface area contributed by atoms with Gasteiger partial charge in [-0.25, -0.2) is 0 Å². The van der Waals surface area contributed by atoms with Crippen LogP contribution in [0, 0.1) is 56.7 Å². The third kappa shape index (κ3) is 3.30. The van der Waals surface area contributed by atoms with Gasteiger partial charge in [-0.3, -0.25) is 0 Å². The third-order valence-corrected chi connectivity index (χ3v) is 3.15. The fourth-order valence-corrected chi connectivity index (χ4v) is 2.27. The van der Waals surface area contributed by atoms with Crippen LogP contribution in [-0.2, 0) is 9.47 Å². The smallest absolute Gasteiger partial charge is 0.196 e. The normalized spacial score (nSPS) is 11.9. The minimum Gasteiger partial charge on any atom is -0.425 e. The average molecular weight is 327 g/mol. The van der Waals surface area contributed by atoms with Crippen molar-refractivity contribution in [2.24, 2.45) is 0 Å². The zero-order valence-electron chi connectivity index (χ0n) is 10.8. The summed E-state index contributed by atoms with van der Waals surface area (Å²) in [5.41, 5.74) is 2.29. The first kappa shape index (κ1) is 15.6. The fraction of sp³-hybridized carbons (Fsp3) is 0.176. The molecule has 0 N–H and O–H groups in total. The minimum absolute atomic E-state index is 0.666. The molecule has 2 atom stereocenters. The summed E-state index contributed by atoms with van der Waals surface area (Å²) in [6, 6.07) is 3.65. The number of benzene rings is 1. The first-order chi connectivity index (χ1) is 9.58. The molecule has 1 aromatic carbocycles. The summed E-state index contributed by atoms with van der Waals surface area (Å²) in [6.07, 6.45) is 24.0. The predicted octanol–water partition coefficient (Wildman–Crippen LogP) is 3.32. The number of rotatable bonds is 4. The second-order valence-electron chi connectivity index (χ2n) is 3.77. The van der Waals surface area contributed by atoms with Gasteiger partial charge in [0.05, 0.1) is 0 Å². The zero-order valence-corrected chi connectivity index (χ0v) is 12.4. The van der Waals surface area contributed by atoms with E-state index < -0.39 is 12.2 Å². The molecule has 0 saturated carbocycles. The highest BCUT2D eigenvalue weighted by atomic mass is 79.9.